The Morgan fingerprint density at radius 3 is 2.84 bits per heavy atom. The summed E-state index contributed by atoms with van der Waals surface area (Å²) in [5.41, 5.74) is 1.25. The van der Waals surface area contributed by atoms with E-state index in [1.807, 2.05) is 0 Å². The van der Waals surface area contributed by atoms with Gasteiger partial charge in [0.25, 0.3) is 0 Å². The molecule has 1 atom stereocenters. The predicted octanol–water partition coefficient (Wildman–Crippen LogP) is 4.53. The van der Waals surface area contributed by atoms with Crippen LogP contribution in [-0.2, 0) is 4.74 Å². The molecule has 0 aliphatic heterocycles. The van der Waals surface area contributed by atoms with Crippen molar-refractivity contribution in [1.29, 1.82) is 0 Å². The largest absolute Gasteiger partial charge is 0.385 e. The molecule has 0 radical (unpaired) electrons. The molecule has 108 valence electrons. The van der Waals surface area contributed by atoms with Gasteiger partial charge >= 0.3 is 0 Å². The third-order valence-electron chi connectivity index (χ3n) is 2.91. The van der Waals surface area contributed by atoms with E-state index in [9.17, 15) is 0 Å². The van der Waals surface area contributed by atoms with Gasteiger partial charge in [-0.1, -0.05) is 24.6 Å². The van der Waals surface area contributed by atoms with Crippen LogP contribution in [0.2, 0.25) is 5.02 Å². The standard InChI is InChI=1S/C15H24ClNOS/c1-4-8-17-12(2)13-6-7-15(14(16)11-13)19-10-5-9-18-3/h6-7,11-12,17H,4-5,8-10H2,1-3H3. The zero-order valence-electron chi connectivity index (χ0n) is 12.0. The predicted molar refractivity (Wildman–Crippen MR) is 85.4 cm³/mol. The van der Waals surface area contributed by atoms with Gasteiger partial charge in [-0.15, -0.1) is 11.8 Å². The fourth-order valence-corrected chi connectivity index (χ4v) is 2.96. The minimum Gasteiger partial charge on any atom is -0.385 e. The zero-order chi connectivity index (χ0) is 14.1. The van der Waals surface area contributed by atoms with Crippen molar-refractivity contribution in [1.82, 2.24) is 5.32 Å². The molecule has 0 amide bonds. The van der Waals surface area contributed by atoms with Gasteiger partial charge in [0.05, 0.1) is 5.02 Å². The molecule has 4 heteroatoms. The van der Waals surface area contributed by atoms with Gasteiger partial charge < -0.3 is 10.1 Å². The Balaban J connectivity index is 2.53. The maximum Gasteiger partial charge on any atom is 0.0545 e. The zero-order valence-corrected chi connectivity index (χ0v) is 13.6. The van der Waals surface area contributed by atoms with Gasteiger partial charge in [-0.2, -0.15) is 0 Å². The van der Waals surface area contributed by atoms with E-state index in [1.165, 1.54) is 5.56 Å². The molecule has 0 fully saturated rings. The average molecular weight is 302 g/mol. The summed E-state index contributed by atoms with van der Waals surface area (Å²) >= 11 is 8.13. The van der Waals surface area contributed by atoms with Crippen molar-refractivity contribution in [3.05, 3.63) is 28.8 Å². The fourth-order valence-electron chi connectivity index (χ4n) is 1.77. The van der Waals surface area contributed by atoms with Crippen molar-refractivity contribution in [2.75, 3.05) is 26.0 Å². The van der Waals surface area contributed by atoms with E-state index in [4.69, 9.17) is 16.3 Å². The Morgan fingerprint density at radius 2 is 2.21 bits per heavy atom. The first-order valence-corrected chi connectivity index (χ1v) is 8.20. The SMILES string of the molecule is CCCNC(C)c1ccc(SCCCOC)c(Cl)c1. The first-order chi connectivity index (χ1) is 9.19. The Morgan fingerprint density at radius 1 is 1.42 bits per heavy atom. The van der Waals surface area contributed by atoms with Crippen molar-refractivity contribution in [2.45, 2.75) is 37.6 Å². The number of hydrogen-bond acceptors (Lipinski definition) is 3. The summed E-state index contributed by atoms with van der Waals surface area (Å²) in [6, 6.07) is 6.72. The fraction of sp³-hybridized carbons (Fsp3) is 0.600. The minimum atomic E-state index is 0.352. The van der Waals surface area contributed by atoms with E-state index in [2.05, 4.69) is 37.4 Å². The molecule has 0 aliphatic carbocycles. The van der Waals surface area contributed by atoms with Crippen LogP contribution >= 0.6 is 23.4 Å². The third-order valence-corrected chi connectivity index (χ3v) is 4.49. The highest BCUT2D eigenvalue weighted by molar-refractivity contribution is 7.99. The second-order valence-corrected chi connectivity index (χ2v) is 6.10. The molecule has 1 N–H and O–H groups in total. The molecule has 1 unspecified atom stereocenters. The van der Waals surface area contributed by atoms with Crippen LogP contribution in [0.3, 0.4) is 0 Å². The number of nitrogens with one attached hydrogen (secondary N) is 1. The molecule has 1 rings (SSSR count). The van der Waals surface area contributed by atoms with Crippen molar-refractivity contribution in [3.8, 4) is 0 Å². The second-order valence-electron chi connectivity index (χ2n) is 4.56. The summed E-state index contributed by atoms with van der Waals surface area (Å²) in [7, 11) is 1.73. The molecule has 0 spiro atoms. The summed E-state index contributed by atoms with van der Waals surface area (Å²) in [6.07, 6.45) is 2.19. The Labute approximate surface area is 126 Å². The lowest BCUT2D eigenvalue weighted by molar-refractivity contribution is 0.200. The molecule has 0 heterocycles. The van der Waals surface area contributed by atoms with Crippen LogP contribution in [0.15, 0.2) is 23.1 Å². The molecule has 1 aromatic rings. The van der Waals surface area contributed by atoms with Crippen LogP contribution in [-0.4, -0.2) is 26.0 Å². The second kappa shape index (κ2) is 9.65. The Bertz CT molecular complexity index is 373. The molecule has 0 aliphatic rings. The maximum atomic E-state index is 6.34. The minimum absolute atomic E-state index is 0.352. The highest BCUT2D eigenvalue weighted by Gasteiger charge is 2.07. The molecule has 0 saturated carbocycles. The van der Waals surface area contributed by atoms with Gasteiger partial charge in [0.1, 0.15) is 0 Å². The Hall–Kier alpha value is -0.220. The summed E-state index contributed by atoms with van der Waals surface area (Å²) < 4.78 is 5.04. The van der Waals surface area contributed by atoms with Crippen molar-refractivity contribution in [2.24, 2.45) is 0 Å². The number of hydrogen-bond donors (Lipinski definition) is 1. The van der Waals surface area contributed by atoms with Crippen molar-refractivity contribution < 1.29 is 4.74 Å². The molecule has 0 aromatic heterocycles. The molecule has 0 bridgehead atoms. The van der Waals surface area contributed by atoms with E-state index in [0.717, 1.165) is 41.7 Å². The molecule has 1 aromatic carbocycles. The first kappa shape index (κ1) is 16.8. The summed E-state index contributed by atoms with van der Waals surface area (Å²) in [6.45, 7) is 6.19. The van der Waals surface area contributed by atoms with Crippen LogP contribution in [0, 0.1) is 0 Å². The lowest BCUT2D eigenvalue weighted by Gasteiger charge is -2.15. The summed E-state index contributed by atoms with van der Waals surface area (Å²) in [5, 5.41) is 4.33. The van der Waals surface area contributed by atoms with E-state index >= 15 is 0 Å². The van der Waals surface area contributed by atoms with E-state index < -0.39 is 0 Å². The summed E-state index contributed by atoms with van der Waals surface area (Å²) in [4.78, 5) is 1.16. The number of halogens is 1. The van der Waals surface area contributed by atoms with Gasteiger partial charge in [-0.05, 0) is 44.0 Å². The van der Waals surface area contributed by atoms with E-state index in [0.29, 0.717) is 6.04 Å². The average Bonchev–Trinajstić information content (AvgIpc) is 2.42. The number of rotatable bonds is 9. The Kier molecular flexibility index (Phi) is 8.55. The molecular weight excluding hydrogens is 278 g/mol. The van der Waals surface area contributed by atoms with Crippen LogP contribution in [0.25, 0.3) is 0 Å². The molecule has 0 saturated heterocycles. The van der Waals surface area contributed by atoms with Crippen LogP contribution < -0.4 is 5.32 Å². The number of thioether (sulfide) groups is 1. The monoisotopic (exact) mass is 301 g/mol. The van der Waals surface area contributed by atoms with Crippen molar-refractivity contribution >= 4 is 23.4 Å². The van der Waals surface area contributed by atoms with Crippen LogP contribution in [0.1, 0.15) is 38.3 Å². The lowest BCUT2D eigenvalue weighted by Crippen LogP contribution is -2.19. The highest BCUT2D eigenvalue weighted by atomic mass is 35.5. The third kappa shape index (κ3) is 6.17. The van der Waals surface area contributed by atoms with Gasteiger partial charge in [-0.25, -0.2) is 0 Å². The number of benzene rings is 1. The van der Waals surface area contributed by atoms with Gasteiger partial charge in [0.2, 0.25) is 0 Å². The van der Waals surface area contributed by atoms with Gasteiger partial charge in [-0.3, -0.25) is 0 Å². The van der Waals surface area contributed by atoms with Crippen LogP contribution in [0.5, 0.6) is 0 Å². The lowest BCUT2D eigenvalue weighted by atomic mass is 10.1. The smallest absolute Gasteiger partial charge is 0.0545 e. The topological polar surface area (TPSA) is 21.3 Å². The van der Waals surface area contributed by atoms with E-state index in [-0.39, 0.29) is 0 Å². The number of ether oxygens (including phenoxy) is 1. The van der Waals surface area contributed by atoms with Crippen LogP contribution in [0.4, 0.5) is 0 Å². The molecule has 19 heavy (non-hydrogen) atoms. The number of methoxy groups -OCH3 is 1. The van der Waals surface area contributed by atoms with E-state index in [1.54, 1.807) is 18.9 Å². The maximum absolute atomic E-state index is 6.34. The summed E-state index contributed by atoms with van der Waals surface area (Å²) in [5.74, 6) is 1.04. The quantitative estimate of drug-likeness (QED) is 0.535. The molecule has 2 nitrogen and oxygen atoms in total. The van der Waals surface area contributed by atoms with Crippen molar-refractivity contribution in [3.63, 3.8) is 0 Å². The first-order valence-electron chi connectivity index (χ1n) is 6.83. The molecular formula is C15H24ClNOS. The van der Waals surface area contributed by atoms with Gasteiger partial charge in [0, 0.05) is 30.4 Å². The highest BCUT2D eigenvalue weighted by Crippen LogP contribution is 2.30. The normalized spacial score (nSPS) is 12.6. The van der Waals surface area contributed by atoms with Gasteiger partial charge in [0.15, 0.2) is 0 Å².